The molecule has 0 aliphatic rings. The van der Waals surface area contributed by atoms with Crippen LogP contribution in [0, 0.1) is 0 Å². The van der Waals surface area contributed by atoms with Crippen LogP contribution in [0.4, 0.5) is 0 Å². The average Bonchev–Trinajstić information content (AvgIpc) is 2.15. The molecular weight excluding hydrogens is 206 g/mol. The lowest BCUT2D eigenvalue weighted by molar-refractivity contribution is 0.0481. The predicted octanol–water partition coefficient (Wildman–Crippen LogP) is 1.77. The molecule has 0 aliphatic heterocycles. The van der Waals surface area contributed by atoms with Crippen LogP contribution >= 0.6 is 11.6 Å². The van der Waals surface area contributed by atoms with Crippen molar-refractivity contribution >= 4 is 11.6 Å². The number of hydrogen-bond donors (Lipinski definition) is 1. The molecule has 14 heavy (non-hydrogen) atoms. The number of ether oxygens (including phenoxy) is 2. The quantitative estimate of drug-likeness (QED) is 0.617. The number of aliphatic hydroxyl groups excluding tert-OH is 1. The van der Waals surface area contributed by atoms with E-state index >= 15 is 0 Å². The van der Waals surface area contributed by atoms with Gasteiger partial charge in [0, 0.05) is 12.7 Å². The first-order chi connectivity index (χ1) is 6.65. The van der Waals surface area contributed by atoms with Gasteiger partial charge in [-0.15, -0.1) is 0 Å². The van der Waals surface area contributed by atoms with Crippen LogP contribution in [-0.4, -0.2) is 24.0 Å². The normalized spacial score (nSPS) is 12.6. The van der Waals surface area contributed by atoms with Crippen molar-refractivity contribution in [2.24, 2.45) is 0 Å². The molecule has 0 radical (unpaired) electrons. The van der Waals surface area contributed by atoms with Gasteiger partial charge >= 0.3 is 0 Å². The second kappa shape index (κ2) is 5.14. The first-order valence-electron chi connectivity index (χ1n) is 4.10. The molecule has 0 spiro atoms. The third-order valence-corrected chi connectivity index (χ3v) is 1.85. The molecule has 78 valence electrons. The molecule has 1 N–H and O–H groups in total. The van der Waals surface area contributed by atoms with Gasteiger partial charge in [0.2, 0.25) is 0 Å². The molecule has 1 rings (SSSR count). The van der Waals surface area contributed by atoms with Crippen LogP contribution in [0.15, 0.2) is 12.3 Å². The number of halogens is 1. The number of rotatable bonds is 4. The summed E-state index contributed by atoms with van der Waals surface area (Å²) in [7, 11) is 1.52. The van der Waals surface area contributed by atoms with Crippen LogP contribution < -0.4 is 4.74 Å². The van der Waals surface area contributed by atoms with E-state index < -0.39 is 6.10 Å². The van der Waals surface area contributed by atoms with E-state index in [0.29, 0.717) is 16.5 Å². The fourth-order valence-electron chi connectivity index (χ4n) is 1.00. The van der Waals surface area contributed by atoms with E-state index in [1.807, 2.05) is 0 Å². The van der Waals surface area contributed by atoms with Gasteiger partial charge in [0.25, 0.3) is 0 Å². The third kappa shape index (κ3) is 2.83. The Morgan fingerprint density at radius 2 is 2.36 bits per heavy atom. The molecule has 1 atom stereocenters. The second-order valence-electron chi connectivity index (χ2n) is 2.77. The molecular formula is C9H12ClNO3. The van der Waals surface area contributed by atoms with E-state index in [0.717, 1.165) is 0 Å². The Kier molecular flexibility index (Phi) is 4.13. The number of aromatic nitrogens is 1. The minimum absolute atomic E-state index is 0.114. The molecule has 0 aromatic carbocycles. The highest BCUT2D eigenvalue weighted by Gasteiger charge is 2.10. The lowest BCUT2D eigenvalue weighted by atomic mass is 10.1. The van der Waals surface area contributed by atoms with Crippen molar-refractivity contribution in [3.8, 4) is 5.75 Å². The third-order valence-electron chi connectivity index (χ3n) is 1.65. The molecule has 0 saturated carbocycles. The molecule has 0 fully saturated rings. The van der Waals surface area contributed by atoms with E-state index in [1.165, 1.54) is 13.3 Å². The number of methoxy groups -OCH3 is 1. The van der Waals surface area contributed by atoms with E-state index in [1.54, 1.807) is 13.0 Å². The van der Waals surface area contributed by atoms with Crippen LogP contribution in [0.25, 0.3) is 0 Å². The fourth-order valence-corrected chi connectivity index (χ4v) is 1.17. The Labute approximate surface area is 87.4 Å². The molecule has 1 unspecified atom stereocenters. The van der Waals surface area contributed by atoms with Crippen molar-refractivity contribution in [3.05, 3.63) is 23.0 Å². The molecule has 0 aliphatic carbocycles. The summed E-state index contributed by atoms with van der Waals surface area (Å²) >= 11 is 5.69. The Morgan fingerprint density at radius 3 is 2.93 bits per heavy atom. The van der Waals surface area contributed by atoms with Crippen molar-refractivity contribution in [3.63, 3.8) is 0 Å². The Morgan fingerprint density at radius 1 is 1.64 bits per heavy atom. The molecule has 4 nitrogen and oxygen atoms in total. The van der Waals surface area contributed by atoms with Crippen LogP contribution in [0.3, 0.4) is 0 Å². The van der Waals surface area contributed by atoms with Gasteiger partial charge < -0.3 is 14.6 Å². The zero-order chi connectivity index (χ0) is 10.6. The summed E-state index contributed by atoms with van der Waals surface area (Å²) in [5.74, 6) is 0.478. The monoisotopic (exact) mass is 217 g/mol. The van der Waals surface area contributed by atoms with Gasteiger partial charge in [0.05, 0.1) is 12.3 Å². The van der Waals surface area contributed by atoms with E-state index in [4.69, 9.17) is 21.1 Å². The van der Waals surface area contributed by atoms with Crippen molar-refractivity contribution < 1.29 is 14.6 Å². The summed E-state index contributed by atoms with van der Waals surface area (Å²) in [5.41, 5.74) is 0.599. The molecule has 0 bridgehead atoms. The summed E-state index contributed by atoms with van der Waals surface area (Å²) < 4.78 is 9.95. The van der Waals surface area contributed by atoms with Crippen molar-refractivity contribution in [1.82, 2.24) is 4.98 Å². The number of nitrogens with zero attached hydrogens (tertiary/aromatic N) is 1. The van der Waals surface area contributed by atoms with E-state index in [-0.39, 0.29) is 6.79 Å². The highest BCUT2D eigenvalue weighted by Crippen LogP contribution is 2.26. The number of hydrogen-bond acceptors (Lipinski definition) is 4. The number of aliphatic hydroxyl groups is 1. The zero-order valence-electron chi connectivity index (χ0n) is 8.03. The maximum Gasteiger partial charge on any atom is 0.188 e. The Bertz CT molecular complexity index is 304. The topological polar surface area (TPSA) is 51.6 Å². The van der Waals surface area contributed by atoms with E-state index in [2.05, 4.69) is 4.98 Å². The Balaban J connectivity index is 2.90. The standard InChI is InChI=1S/C9H12ClNO3/c1-6(12)7-3-9(10)11-4-8(7)14-5-13-2/h3-4,6,12H,5H2,1-2H3. The van der Waals surface area contributed by atoms with Gasteiger partial charge in [-0.25, -0.2) is 4.98 Å². The van der Waals surface area contributed by atoms with Gasteiger partial charge in [-0.2, -0.15) is 0 Å². The van der Waals surface area contributed by atoms with E-state index in [9.17, 15) is 5.11 Å². The minimum Gasteiger partial charge on any atom is -0.466 e. The maximum absolute atomic E-state index is 9.42. The SMILES string of the molecule is COCOc1cnc(Cl)cc1C(C)O. The van der Waals surface area contributed by atoms with Gasteiger partial charge in [0.15, 0.2) is 6.79 Å². The van der Waals surface area contributed by atoms with Crippen molar-refractivity contribution in [1.29, 1.82) is 0 Å². The minimum atomic E-state index is -0.651. The molecule has 1 heterocycles. The largest absolute Gasteiger partial charge is 0.466 e. The van der Waals surface area contributed by atoms with Gasteiger partial charge in [-0.05, 0) is 13.0 Å². The number of pyridine rings is 1. The maximum atomic E-state index is 9.42. The predicted molar refractivity (Wildman–Crippen MR) is 52.4 cm³/mol. The molecule has 0 saturated heterocycles. The lowest BCUT2D eigenvalue weighted by Gasteiger charge is -2.12. The van der Waals surface area contributed by atoms with Crippen LogP contribution in [0.2, 0.25) is 5.15 Å². The van der Waals surface area contributed by atoms with Gasteiger partial charge in [0.1, 0.15) is 10.9 Å². The van der Waals surface area contributed by atoms with Crippen LogP contribution in [0.1, 0.15) is 18.6 Å². The van der Waals surface area contributed by atoms with Crippen LogP contribution in [0.5, 0.6) is 5.75 Å². The zero-order valence-corrected chi connectivity index (χ0v) is 8.78. The first kappa shape index (κ1) is 11.2. The average molecular weight is 218 g/mol. The smallest absolute Gasteiger partial charge is 0.188 e. The fraction of sp³-hybridized carbons (Fsp3) is 0.444. The lowest BCUT2D eigenvalue weighted by Crippen LogP contribution is -2.04. The summed E-state index contributed by atoms with van der Waals surface area (Å²) in [5, 5.41) is 9.75. The van der Waals surface area contributed by atoms with Crippen LogP contribution in [-0.2, 0) is 4.74 Å². The summed E-state index contributed by atoms with van der Waals surface area (Å²) in [6.07, 6.45) is 0.811. The summed E-state index contributed by atoms with van der Waals surface area (Å²) in [6, 6.07) is 1.57. The molecule has 1 aromatic heterocycles. The highest BCUT2D eigenvalue weighted by molar-refractivity contribution is 6.29. The second-order valence-corrected chi connectivity index (χ2v) is 3.16. The Hall–Kier alpha value is -0.840. The summed E-state index contributed by atoms with van der Waals surface area (Å²) in [4.78, 5) is 3.85. The first-order valence-corrected chi connectivity index (χ1v) is 4.48. The highest BCUT2D eigenvalue weighted by atomic mass is 35.5. The molecule has 1 aromatic rings. The van der Waals surface area contributed by atoms with Gasteiger partial charge in [-0.1, -0.05) is 11.6 Å². The van der Waals surface area contributed by atoms with Crippen molar-refractivity contribution in [2.45, 2.75) is 13.0 Å². The molecule has 0 amide bonds. The molecule has 5 heteroatoms. The van der Waals surface area contributed by atoms with Gasteiger partial charge in [-0.3, -0.25) is 0 Å². The summed E-state index contributed by atoms with van der Waals surface area (Å²) in [6.45, 7) is 1.74. The van der Waals surface area contributed by atoms with Crippen molar-refractivity contribution in [2.75, 3.05) is 13.9 Å².